The van der Waals surface area contributed by atoms with Gasteiger partial charge in [-0.25, -0.2) is 4.39 Å². The first kappa shape index (κ1) is 29.3. The number of rotatable bonds is 9. The van der Waals surface area contributed by atoms with Crippen LogP contribution in [0.4, 0.5) is 10.1 Å². The van der Waals surface area contributed by atoms with E-state index in [1.807, 2.05) is 23.1 Å². The summed E-state index contributed by atoms with van der Waals surface area (Å²) < 4.78 is 13.2. The molecule has 1 saturated carbocycles. The van der Waals surface area contributed by atoms with Crippen molar-refractivity contribution in [3.05, 3.63) is 63.9 Å². The summed E-state index contributed by atoms with van der Waals surface area (Å²) in [5.74, 6) is 0.0828. The highest BCUT2D eigenvalue weighted by Crippen LogP contribution is 2.38. The Morgan fingerprint density at radius 3 is 2.25 bits per heavy atom. The Bertz CT molecular complexity index is 1190. The minimum atomic E-state index is -1.17. The van der Waals surface area contributed by atoms with Crippen molar-refractivity contribution in [2.75, 3.05) is 44.2 Å². The maximum absolute atomic E-state index is 13.8. The molecule has 2 aromatic rings. The highest BCUT2D eigenvalue weighted by Gasteiger charge is 2.50. The van der Waals surface area contributed by atoms with Crippen LogP contribution in [0.5, 0.6) is 0 Å². The number of hydrogen-bond donors (Lipinski definition) is 1. The first-order valence-corrected chi connectivity index (χ1v) is 15.2. The van der Waals surface area contributed by atoms with Gasteiger partial charge in [-0.1, -0.05) is 35.3 Å². The predicted molar refractivity (Wildman–Crippen MR) is 156 cm³/mol. The zero-order valence-electron chi connectivity index (χ0n) is 22.8. The van der Waals surface area contributed by atoms with Crippen LogP contribution in [-0.4, -0.2) is 71.6 Å². The van der Waals surface area contributed by atoms with Gasteiger partial charge in [0.15, 0.2) is 0 Å². The smallest absolute Gasteiger partial charge is 0.254 e. The normalized spacial score (nSPS) is 19.9. The Morgan fingerprint density at radius 2 is 1.62 bits per heavy atom. The van der Waals surface area contributed by atoms with Crippen LogP contribution in [0.3, 0.4) is 0 Å². The van der Waals surface area contributed by atoms with Gasteiger partial charge < -0.3 is 19.8 Å². The minimum absolute atomic E-state index is 0.0497. The lowest BCUT2D eigenvalue weighted by molar-refractivity contribution is -0.145. The fraction of sp³-hybridized carbons (Fsp3) is 0.548. The summed E-state index contributed by atoms with van der Waals surface area (Å²) in [6.07, 6.45) is 6.26. The number of piperidine rings is 2. The van der Waals surface area contributed by atoms with Crippen LogP contribution in [0.1, 0.15) is 50.5 Å². The molecule has 0 aromatic heterocycles. The molecule has 5 rings (SSSR count). The summed E-state index contributed by atoms with van der Waals surface area (Å²) in [6, 6.07) is 12.2. The highest BCUT2D eigenvalue weighted by molar-refractivity contribution is 6.42. The van der Waals surface area contributed by atoms with Gasteiger partial charge in [0.05, 0.1) is 10.0 Å². The van der Waals surface area contributed by atoms with Crippen molar-refractivity contribution in [3.8, 4) is 0 Å². The van der Waals surface area contributed by atoms with E-state index in [2.05, 4.69) is 4.90 Å². The third kappa shape index (κ3) is 7.17. The van der Waals surface area contributed by atoms with E-state index in [0.29, 0.717) is 61.3 Å². The second kappa shape index (κ2) is 12.8. The number of likely N-dealkylation sites (tertiary alicyclic amines) is 2. The Morgan fingerprint density at radius 1 is 0.950 bits per heavy atom. The van der Waals surface area contributed by atoms with E-state index in [4.69, 9.17) is 23.2 Å². The van der Waals surface area contributed by atoms with Crippen molar-refractivity contribution < 1.29 is 19.1 Å². The molecule has 9 heteroatoms. The van der Waals surface area contributed by atoms with Gasteiger partial charge in [0.1, 0.15) is 11.4 Å². The number of benzene rings is 2. The topological polar surface area (TPSA) is 64.1 Å². The summed E-state index contributed by atoms with van der Waals surface area (Å²) in [7, 11) is 0. The van der Waals surface area contributed by atoms with Crippen molar-refractivity contribution in [2.45, 2.75) is 57.0 Å². The largest absolute Gasteiger partial charge is 0.380 e. The molecule has 3 aliphatic rings. The third-order valence-corrected chi connectivity index (χ3v) is 9.47. The van der Waals surface area contributed by atoms with Gasteiger partial charge in [-0.3, -0.25) is 9.59 Å². The Hall–Kier alpha value is -2.19. The molecule has 1 N–H and O–H groups in total. The van der Waals surface area contributed by atoms with Gasteiger partial charge in [0.2, 0.25) is 5.91 Å². The number of hydrogen-bond acceptors (Lipinski definition) is 4. The monoisotopic (exact) mass is 589 g/mol. The lowest BCUT2D eigenvalue weighted by Gasteiger charge is -2.36. The van der Waals surface area contributed by atoms with E-state index in [1.165, 1.54) is 17.7 Å². The van der Waals surface area contributed by atoms with Gasteiger partial charge in [0, 0.05) is 31.2 Å². The average Bonchev–Trinajstić information content (AvgIpc) is 3.72. The molecule has 0 radical (unpaired) electrons. The molecule has 0 atom stereocenters. The van der Waals surface area contributed by atoms with Crippen LogP contribution in [-0.2, 0) is 16.0 Å². The number of anilines is 1. The van der Waals surface area contributed by atoms with E-state index in [0.717, 1.165) is 51.0 Å². The van der Waals surface area contributed by atoms with Crippen molar-refractivity contribution in [1.29, 1.82) is 0 Å². The Kier molecular flexibility index (Phi) is 9.35. The zero-order chi connectivity index (χ0) is 28.3. The molecule has 1 aliphatic carbocycles. The van der Waals surface area contributed by atoms with Crippen LogP contribution in [0.2, 0.25) is 10.0 Å². The second-order valence-corrected chi connectivity index (χ2v) is 12.5. The third-order valence-electron chi connectivity index (χ3n) is 8.73. The molecule has 0 spiro atoms. The van der Waals surface area contributed by atoms with Crippen LogP contribution < -0.4 is 4.90 Å². The minimum Gasteiger partial charge on any atom is -0.380 e. The molecule has 2 amide bonds. The standard InChI is InChI=1S/C31H38Cl2FN3O3/c32-27-7-6-26(21-28(27)33)37(29(38)24-10-18-36(19-11-24)30(39)31(40)12-13-31)15-1-14-35-16-8-23(9-17-35)20-22-2-4-25(34)5-3-22/h2-7,21,23-24,40H,1,8-20H2. The number of aliphatic hydroxyl groups is 1. The predicted octanol–water partition coefficient (Wildman–Crippen LogP) is 5.57. The molecule has 216 valence electrons. The fourth-order valence-corrected chi connectivity index (χ4v) is 6.31. The molecule has 2 aromatic carbocycles. The van der Waals surface area contributed by atoms with Crippen molar-refractivity contribution in [1.82, 2.24) is 9.80 Å². The molecule has 2 aliphatic heterocycles. The number of carbonyl (C=O) groups is 2. The van der Waals surface area contributed by atoms with E-state index in [9.17, 15) is 19.1 Å². The first-order chi connectivity index (χ1) is 19.2. The quantitative estimate of drug-likeness (QED) is 0.415. The van der Waals surface area contributed by atoms with E-state index >= 15 is 0 Å². The molecule has 0 unspecified atom stereocenters. The molecule has 2 heterocycles. The van der Waals surface area contributed by atoms with Gasteiger partial charge in [-0.15, -0.1) is 0 Å². The summed E-state index contributed by atoms with van der Waals surface area (Å²) in [5, 5.41) is 11.1. The molecule has 2 saturated heterocycles. The maximum Gasteiger partial charge on any atom is 0.254 e. The Labute approximate surface area is 246 Å². The molecular formula is C31H38Cl2FN3O3. The summed E-state index contributed by atoms with van der Waals surface area (Å²) in [4.78, 5) is 32.3. The van der Waals surface area contributed by atoms with Gasteiger partial charge in [-0.2, -0.15) is 0 Å². The molecule has 6 nitrogen and oxygen atoms in total. The highest BCUT2D eigenvalue weighted by atomic mass is 35.5. The molecule has 0 bridgehead atoms. The lowest BCUT2D eigenvalue weighted by atomic mass is 9.90. The first-order valence-electron chi connectivity index (χ1n) is 14.5. The number of nitrogens with zero attached hydrogens (tertiary/aromatic N) is 3. The van der Waals surface area contributed by atoms with Gasteiger partial charge >= 0.3 is 0 Å². The molecular weight excluding hydrogens is 552 g/mol. The van der Waals surface area contributed by atoms with Gasteiger partial charge in [-0.05, 0) is 113 Å². The van der Waals surface area contributed by atoms with Crippen molar-refractivity contribution in [3.63, 3.8) is 0 Å². The number of halogens is 3. The SMILES string of the molecule is O=C(C1CCN(C(=O)C2(O)CC2)CC1)N(CCCN1CCC(Cc2ccc(F)cc2)CC1)c1ccc(Cl)c(Cl)c1. The van der Waals surface area contributed by atoms with Crippen LogP contribution in [0.25, 0.3) is 0 Å². The van der Waals surface area contributed by atoms with Crippen LogP contribution in [0, 0.1) is 17.7 Å². The van der Waals surface area contributed by atoms with Crippen LogP contribution >= 0.6 is 23.2 Å². The summed E-state index contributed by atoms with van der Waals surface area (Å²) in [6.45, 7) is 4.49. The summed E-state index contributed by atoms with van der Waals surface area (Å²) >= 11 is 12.5. The molecule has 40 heavy (non-hydrogen) atoms. The van der Waals surface area contributed by atoms with Gasteiger partial charge in [0.25, 0.3) is 5.91 Å². The number of carbonyl (C=O) groups excluding carboxylic acids is 2. The lowest BCUT2D eigenvalue weighted by Crippen LogP contribution is -2.48. The average molecular weight is 591 g/mol. The fourth-order valence-electron chi connectivity index (χ4n) is 6.02. The molecule has 3 fully saturated rings. The van der Waals surface area contributed by atoms with E-state index < -0.39 is 5.60 Å². The zero-order valence-corrected chi connectivity index (χ0v) is 24.3. The summed E-state index contributed by atoms with van der Waals surface area (Å²) in [5.41, 5.74) is 0.760. The Balaban J connectivity index is 1.14. The van der Waals surface area contributed by atoms with E-state index in [1.54, 1.807) is 17.0 Å². The van der Waals surface area contributed by atoms with E-state index in [-0.39, 0.29) is 23.5 Å². The van der Waals surface area contributed by atoms with Crippen LogP contribution in [0.15, 0.2) is 42.5 Å². The second-order valence-electron chi connectivity index (χ2n) is 11.7. The maximum atomic E-state index is 13.8. The number of amides is 2. The van der Waals surface area contributed by atoms with Crippen molar-refractivity contribution in [2.24, 2.45) is 11.8 Å². The van der Waals surface area contributed by atoms with Crippen molar-refractivity contribution >= 4 is 40.7 Å².